The third-order valence-electron chi connectivity index (χ3n) is 5.12. The van der Waals surface area contributed by atoms with Crippen LogP contribution in [0.1, 0.15) is 88.7 Å². The van der Waals surface area contributed by atoms with Crippen molar-refractivity contribution in [3.05, 3.63) is 58.7 Å². The first-order valence-corrected chi connectivity index (χ1v) is 10.0. The van der Waals surface area contributed by atoms with Crippen LogP contribution in [0.3, 0.4) is 0 Å². The Labute approximate surface area is 152 Å². The standard InChI is InChI=1S/C23H32F2/c1-3-5-7-9-11-21-22(24)16-20(17-23(21)25)19-14-12-18(13-15-19)10-8-6-4-2/h12-14,16-17,19H,3-11,15H2,1-2H3. The molecule has 1 unspecified atom stereocenters. The minimum Gasteiger partial charge on any atom is -0.207 e. The van der Waals surface area contributed by atoms with E-state index in [1.165, 1.54) is 24.8 Å². The largest absolute Gasteiger partial charge is 0.207 e. The van der Waals surface area contributed by atoms with E-state index in [4.69, 9.17) is 0 Å². The van der Waals surface area contributed by atoms with Crippen molar-refractivity contribution in [2.75, 3.05) is 0 Å². The highest BCUT2D eigenvalue weighted by molar-refractivity contribution is 5.35. The molecule has 25 heavy (non-hydrogen) atoms. The summed E-state index contributed by atoms with van der Waals surface area (Å²) in [5.41, 5.74) is 2.38. The van der Waals surface area contributed by atoms with Gasteiger partial charge < -0.3 is 0 Å². The van der Waals surface area contributed by atoms with Gasteiger partial charge in [-0.15, -0.1) is 0 Å². The van der Waals surface area contributed by atoms with Crippen molar-refractivity contribution in [1.82, 2.24) is 0 Å². The Balaban J connectivity index is 1.96. The lowest BCUT2D eigenvalue weighted by Gasteiger charge is -2.18. The molecule has 0 N–H and O–H groups in total. The number of allylic oxidation sites excluding steroid dienone is 4. The summed E-state index contributed by atoms with van der Waals surface area (Å²) in [5, 5.41) is 0. The topological polar surface area (TPSA) is 0 Å². The fourth-order valence-corrected chi connectivity index (χ4v) is 3.48. The average Bonchev–Trinajstić information content (AvgIpc) is 2.61. The van der Waals surface area contributed by atoms with Gasteiger partial charge in [-0.25, -0.2) is 8.78 Å². The van der Waals surface area contributed by atoms with E-state index in [0.717, 1.165) is 44.1 Å². The van der Waals surface area contributed by atoms with Crippen LogP contribution in [0.15, 0.2) is 35.9 Å². The molecule has 2 rings (SSSR count). The van der Waals surface area contributed by atoms with Gasteiger partial charge in [0.2, 0.25) is 0 Å². The van der Waals surface area contributed by atoms with Gasteiger partial charge in [-0.2, -0.15) is 0 Å². The lowest BCUT2D eigenvalue weighted by Crippen LogP contribution is -2.04. The molecule has 0 nitrogen and oxygen atoms in total. The average molecular weight is 347 g/mol. The van der Waals surface area contributed by atoms with Gasteiger partial charge in [-0.1, -0.05) is 69.8 Å². The quantitative estimate of drug-likeness (QED) is 0.382. The van der Waals surface area contributed by atoms with E-state index >= 15 is 0 Å². The van der Waals surface area contributed by atoms with Crippen LogP contribution in [0.4, 0.5) is 8.78 Å². The Morgan fingerprint density at radius 1 is 0.880 bits per heavy atom. The SMILES string of the molecule is CCCCCCc1c(F)cc(C2C=CC(CCCCC)=CC2)cc1F. The van der Waals surface area contributed by atoms with Gasteiger partial charge in [0.25, 0.3) is 0 Å². The Bertz CT molecular complexity index is 575. The summed E-state index contributed by atoms with van der Waals surface area (Å²) in [5.74, 6) is -0.664. The van der Waals surface area contributed by atoms with Gasteiger partial charge in [0.15, 0.2) is 0 Å². The van der Waals surface area contributed by atoms with Crippen LogP contribution < -0.4 is 0 Å². The van der Waals surface area contributed by atoms with Crippen LogP contribution in [-0.2, 0) is 6.42 Å². The number of unbranched alkanes of at least 4 members (excludes halogenated alkanes) is 5. The second-order valence-electron chi connectivity index (χ2n) is 7.21. The number of hydrogen-bond donors (Lipinski definition) is 0. The summed E-state index contributed by atoms with van der Waals surface area (Å²) in [4.78, 5) is 0. The molecule has 0 bridgehead atoms. The van der Waals surface area contributed by atoms with Gasteiger partial charge in [0.05, 0.1) is 0 Å². The molecule has 0 aromatic heterocycles. The molecule has 0 spiro atoms. The van der Waals surface area contributed by atoms with Crippen molar-refractivity contribution >= 4 is 0 Å². The molecule has 0 aliphatic heterocycles. The maximum Gasteiger partial charge on any atom is 0.129 e. The maximum atomic E-state index is 14.4. The first kappa shape index (κ1) is 19.9. The summed E-state index contributed by atoms with van der Waals surface area (Å²) in [6.45, 7) is 4.34. The van der Waals surface area contributed by atoms with Gasteiger partial charge in [0.1, 0.15) is 11.6 Å². The molecule has 1 aromatic rings. The van der Waals surface area contributed by atoms with E-state index in [1.807, 2.05) is 0 Å². The highest BCUT2D eigenvalue weighted by atomic mass is 19.1. The molecule has 2 heteroatoms. The second kappa shape index (κ2) is 10.5. The molecular formula is C23H32F2. The van der Waals surface area contributed by atoms with E-state index in [-0.39, 0.29) is 23.1 Å². The summed E-state index contributed by atoms with van der Waals surface area (Å²) in [6, 6.07) is 3.09. The molecular weight excluding hydrogens is 314 g/mol. The van der Waals surface area contributed by atoms with E-state index < -0.39 is 0 Å². The zero-order valence-corrected chi connectivity index (χ0v) is 15.8. The molecule has 0 saturated carbocycles. The van der Waals surface area contributed by atoms with E-state index in [0.29, 0.717) is 6.42 Å². The first-order chi connectivity index (χ1) is 12.2. The van der Waals surface area contributed by atoms with Crippen LogP contribution in [0, 0.1) is 11.6 Å². The zero-order valence-electron chi connectivity index (χ0n) is 15.8. The van der Waals surface area contributed by atoms with Gasteiger partial charge in [0, 0.05) is 11.5 Å². The van der Waals surface area contributed by atoms with Gasteiger partial charge in [-0.3, -0.25) is 0 Å². The fourth-order valence-electron chi connectivity index (χ4n) is 3.48. The second-order valence-corrected chi connectivity index (χ2v) is 7.21. The molecule has 0 saturated heterocycles. The summed E-state index contributed by atoms with van der Waals surface area (Å²) >= 11 is 0. The molecule has 0 radical (unpaired) electrons. The van der Waals surface area contributed by atoms with Crippen LogP contribution in [0.5, 0.6) is 0 Å². The third-order valence-corrected chi connectivity index (χ3v) is 5.12. The monoisotopic (exact) mass is 346 g/mol. The molecule has 1 aromatic carbocycles. The molecule has 1 atom stereocenters. The highest BCUT2D eigenvalue weighted by Crippen LogP contribution is 2.31. The van der Waals surface area contributed by atoms with Crippen LogP contribution in [-0.4, -0.2) is 0 Å². The van der Waals surface area contributed by atoms with Crippen LogP contribution in [0.25, 0.3) is 0 Å². The van der Waals surface area contributed by atoms with Crippen molar-refractivity contribution in [2.24, 2.45) is 0 Å². The lowest BCUT2D eigenvalue weighted by atomic mass is 9.88. The Morgan fingerprint density at radius 3 is 2.12 bits per heavy atom. The normalized spacial score (nSPS) is 17.0. The number of halogens is 2. The maximum absolute atomic E-state index is 14.4. The highest BCUT2D eigenvalue weighted by Gasteiger charge is 2.17. The minimum atomic E-state index is -0.377. The molecule has 0 fully saturated rings. The van der Waals surface area contributed by atoms with Crippen molar-refractivity contribution < 1.29 is 8.78 Å². The Morgan fingerprint density at radius 2 is 1.52 bits per heavy atom. The van der Waals surface area contributed by atoms with E-state index in [9.17, 15) is 8.78 Å². The van der Waals surface area contributed by atoms with Gasteiger partial charge in [-0.05, 0) is 49.8 Å². The van der Waals surface area contributed by atoms with Crippen LogP contribution >= 0.6 is 0 Å². The third kappa shape index (κ3) is 6.09. The van der Waals surface area contributed by atoms with Gasteiger partial charge >= 0.3 is 0 Å². The van der Waals surface area contributed by atoms with E-state index in [2.05, 4.69) is 32.1 Å². The first-order valence-electron chi connectivity index (χ1n) is 10.0. The smallest absolute Gasteiger partial charge is 0.129 e. The predicted octanol–water partition coefficient (Wildman–Crippen LogP) is 7.64. The summed E-state index contributed by atoms with van der Waals surface area (Å²) in [6.07, 6.45) is 16.8. The number of benzene rings is 1. The van der Waals surface area contributed by atoms with Crippen molar-refractivity contribution in [3.8, 4) is 0 Å². The Hall–Kier alpha value is -1.44. The molecule has 1 aliphatic carbocycles. The minimum absolute atomic E-state index is 0.0908. The van der Waals surface area contributed by atoms with Crippen LogP contribution in [0.2, 0.25) is 0 Å². The Kier molecular flexibility index (Phi) is 8.37. The summed E-state index contributed by atoms with van der Waals surface area (Å²) in [7, 11) is 0. The lowest BCUT2D eigenvalue weighted by molar-refractivity contribution is 0.538. The van der Waals surface area contributed by atoms with Crippen molar-refractivity contribution in [2.45, 2.75) is 84.0 Å². The predicted molar refractivity (Wildman–Crippen MR) is 103 cm³/mol. The molecule has 0 heterocycles. The van der Waals surface area contributed by atoms with Crippen molar-refractivity contribution in [3.63, 3.8) is 0 Å². The number of rotatable bonds is 10. The number of hydrogen-bond acceptors (Lipinski definition) is 0. The fraction of sp³-hybridized carbons (Fsp3) is 0.565. The molecule has 0 amide bonds. The van der Waals surface area contributed by atoms with E-state index in [1.54, 1.807) is 12.1 Å². The zero-order chi connectivity index (χ0) is 18.1. The summed E-state index contributed by atoms with van der Waals surface area (Å²) < 4.78 is 28.8. The molecule has 1 aliphatic rings. The molecule has 138 valence electrons. The van der Waals surface area contributed by atoms with Crippen molar-refractivity contribution in [1.29, 1.82) is 0 Å².